The Hall–Kier alpha value is -0.680. The number of carbonyl (C=O) groups is 1. The lowest BCUT2D eigenvalue weighted by Gasteiger charge is -2.05. The fourth-order valence-corrected chi connectivity index (χ4v) is 2.24. The second kappa shape index (κ2) is 7.80. The van der Waals surface area contributed by atoms with Crippen molar-refractivity contribution in [2.24, 2.45) is 0 Å². The Labute approximate surface area is 119 Å². The van der Waals surface area contributed by atoms with Crippen molar-refractivity contribution < 1.29 is 18.0 Å². The first-order valence-electron chi connectivity index (χ1n) is 5.88. The van der Waals surface area contributed by atoms with Gasteiger partial charge in [0.2, 0.25) is 0 Å². The van der Waals surface area contributed by atoms with E-state index in [9.17, 15) is 18.0 Å². The Morgan fingerprint density at radius 3 is 2.32 bits per heavy atom. The molecule has 6 heteroatoms. The standard InChI is InChI=1S/C13H14ClF3OS/c14-11-7-5-10(6-8-11)12(18)4-2-1-3-9-19-13(15,16)17/h5-8H,1-4,9H2. The van der Waals surface area contributed by atoms with E-state index in [1.54, 1.807) is 24.3 Å². The number of Topliss-reactive ketones (excluding diaryl/α,β-unsaturated/α-hetero) is 1. The smallest absolute Gasteiger partial charge is 0.294 e. The van der Waals surface area contributed by atoms with Gasteiger partial charge in [0, 0.05) is 22.8 Å². The maximum absolute atomic E-state index is 11.8. The van der Waals surface area contributed by atoms with Gasteiger partial charge < -0.3 is 0 Å². The molecule has 0 atom stereocenters. The van der Waals surface area contributed by atoms with Gasteiger partial charge in [-0.1, -0.05) is 29.8 Å². The van der Waals surface area contributed by atoms with Crippen molar-refractivity contribution in [1.82, 2.24) is 0 Å². The van der Waals surface area contributed by atoms with Crippen LogP contribution in [-0.2, 0) is 0 Å². The van der Waals surface area contributed by atoms with Crippen molar-refractivity contribution in [3.8, 4) is 0 Å². The third-order valence-corrected chi connectivity index (χ3v) is 3.55. The number of carbonyl (C=O) groups excluding carboxylic acids is 1. The van der Waals surface area contributed by atoms with E-state index in [0.717, 1.165) is 0 Å². The summed E-state index contributed by atoms with van der Waals surface area (Å²) >= 11 is 5.70. The summed E-state index contributed by atoms with van der Waals surface area (Å²) in [5.74, 6) is 0.0543. The highest BCUT2D eigenvalue weighted by Crippen LogP contribution is 2.30. The molecule has 0 saturated carbocycles. The SMILES string of the molecule is O=C(CCCCCSC(F)(F)F)c1ccc(Cl)cc1. The number of halogens is 4. The fraction of sp³-hybridized carbons (Fsp3) is 0.462. The summed E-state index contributed by atoms with van der Waals surface area (Å²) < 4.78 is 35.5. The highest BCUT2D eigenvalue weighted by Gasteiger charge is 2.27. The topological polar surface area (TPSA) is 17.1 Å². The average Bonchev–Trinajstić information content (AvgIpc) is 2.33. The summed E-state index contributed by atoms with van der Waals surface area (Å²) in [6.07, 6.45) is 2.07. The van der Waals surface area contributed by atoms with Crippen molar-refractivity contribution in [2.45, 2.75) is 31.2 Å². The molecule has 0 fully saturated rings. The third-order valence-electron chi connectivity index (χ3n) is 2.48. The zero-order valence-electron chi connectivity index (χ0n) is 10.2. The Morgan fingerprint density at radius 2 is 1.74 bits per heavy atom. The van der Waals surface area contributed by atoms with Crippen LogP contribution in [-0.4, -0.2) is 17.0 Å². The first-order valence-corrected chi connectivity index (χ1v) is 7.24. The number of unbranched alkanes of at least 4 members (excludes halogenated alkanes) is 2. The van der Waals surface area contributed by atoms with Gasteiger partial charge in [-0.25, -0.2) is 0 Å². The Morgan fingerprint density at radius 1 is 1.11 bits per heavy atom. The second-order valence-electron chi connectivity index (χ2n) is 4.03. The average molecular weight is 311 g/mol. The molecule has 0 radical (unpaired) electrons. The molecule has 0 unspecified atom stereocenters. The van der Waals surface area contributed by atoms with Gasteiger partial charge in [-0.15, -0.1) is 0 Å². The lowest BCUT2D eigenvalue weighted by molar-refractivity contribution is -0.0328. The minimum absolute atomic E-state index is 0.000131. The Kier molecular flexibility index (Phi) is 6.72. The highest BCUT2D eigenvalue weighted by atomic mass is 35.5. The number of benzene rings is 1. The Bertz CT molecular complexity index is 403. The van der Waals surface area contributed by atoms with Gasteiger partial charge in [0.1, 0.15) is 0 Å². The van der Waals surface area contributed by atoms with Crippen LogP contribution in [0.4, 0.5) is 13.2 Å². The quantitative estimate of drug-likeness (QED) is 0.500. The largest absolute Gasteiger partial charge is 0.441 e. The van der Waals surface area contributed by atoms with E-state index in [1.165, 1.54) is 0 Å². The predicted molar refractivity (Wildman–Crippen MR) is 72.8 cm³/mol. The molecule has 0 saturated heterocycles. The molecular formula is C13H14ClF3OS. The summed E-state index contributed by atoms with van der Waals surface area (Å²) in [4.78, 5) is 11.7. The maximum atomic E-state index is 11.8. The van der Waals surface area contributed by atoms with Crippen molar-refractivity contribution in [2.75, 3.05) is 5.75 Å². The highest BCUT2D eigenvalue weighted by molar-refractivity contribution is 8.00. The number of ketones is 1. The molecule has 0 aromatic heterocycles. The van der Waals surface area contributed by atoms with Crippen LogP contribution in [0, 0.1) is 0 Å². The third kappa shape index (κ3) is 7.47. The van der Waals surface area contributed by atoms with Crippen LogP contribution in [0.1, 0.15) is 36.0 Å². The number of rotatable bonds is 7. The number of hydrogen-bond donors (Lipinski definition) is 0. The van der Waals surface area contributed by atoms with E-state index in [4.69, 9.17) is 11.6 Å². The molecule has 0 aliphatic carbocycles. The van der Waals surface area contributed by atoms with Crippen LogP contribution in [0.2, 0.25) is 5.02 Å². The van der Waals surface area contributed by atoms with Gasteiger partial charge in [0.25, 0.3) is 0 Å². The minimum atomic E-state index is -4.15. The van der Waals surface area contributed by atoms with Gasteiger partial charge in [-0.3, -0.25) is 4.79 Å². The van der Waals surface area contributed by atoms with E-state index in [0.29, 0.717) is 36.3 Å². The van der Waals surface area contributed by atoms with Gasteiger partial charge in [-0.2, -0.15) is 13.2 Å². The van der Waals surface area contributed by atoms with Crippen molar-refractivity contribution >= 4 is 29.1 Å². The molecule has 0 heterocycles. The lowest BCUT2D eigenvalue weighted by atomic mass is 10.1. The minimum Gasteiger partial charge on any atom is -0.294 e. The number of alkyl halides is 3. The van der Waals surface area contributed by atoms with Crippen LogP contribution in [0.5, 0.6) is 0 Å². The summed E-state index contributed by atoms with van der Waals surface area (Å²) in [6, 6.07) is 6.61. The van der Waals surface area contributed by atoms with Crippen molar-refractivity contribution in [1.29, 1.82) is 0 Å². The zero-order chi connectivity index (χ0) is 14.3. The number of hydrogen-bond acceptors (Lipinski definition) is 2. The molecule has 1 nitrogen and oxygen atoms in total. The molecule has 0 aliphatic heterocycles. The summed E-state index contributed by atoms with van der Waals surface area (Å²) in [6.45, 7) is 0. The zero-order valence-corrected chi connectivity index (χ0v) is 11.7. The fourth-order valence-electron chi connectivity index (χ4n) is 1.53. The second-order valence-corrected chi connectivity index (χ2v) is 5.63. The predicted octanol–water partition coefficient (Wildman–Crippen LogP) is 5.34. The van der Waals surface area contributed by atoms with E-state index in [1.807, 2.05) is 0 Å². The molecule has 106 valence electrons. The van der Waals surface area contributed by atoms with Crippen LogP contribution in [0.3, 0.4) is 0 Å². The first kappa shape index (κ1) is 16.4. The number of thioether (sulfide) groups is 1. The van der Waals surface area contributed by atoms with Crippen LogP contribution in [0.25, 0.3) is 0 Å². The molecule has 1 rings (SSSR count). The summed E-state index contributed by atoms with van der Waals surface area (Å²) in [5, 5.41) is 0.570. The molecule has 0 spiro atoms. The van der Waals surface area contributed by atoms with Crippen LogP contribution >= 0.6 is 23.4 Å². The molecule has 0 amide bonds. The molecule has 19 heavy (non-hydrogen) atoms. The Balaban J connectivity index is 2.16. The molecular weight excluding hydrogens is 297 g/mol. The van der Waals surface area contributed by atoms with Gasteiger partial charge in [-0.05, 0) is 37.1 Å². The van der Waals surface area contributed by atoms with E-state index >= 15 is 0 Å². The van der Waals surface area contributed by atoms with Gasteiger partial charge >= 0.3 is 5.51 Å². The van der Waals surface area contributed by atoms with Crippen molar-refractivity contribution in [3.05, 3.63) is 34.9 Å². The summed E-state index contributed by atoms with van der Waals surface area (Å²) in [5.41, 5.74) is -3.56. The van der Waals surface area contributed by atoms with Gasteiger partial charge in [0.15, 0.2) is 5.78 Å². The molecule has 0 bridgehead atoms. The van der Waals surface area contributed by atoms with E-state index in [-0.39, 0.29) is 23.3 Å². The molecule has 1 aromatic rings. The monoisotopic (exact) mass is 310 g/mol. The maximum Gasteiger partial charge on any atom is 0.441 e. The van der Waals surface area contributed by atoms with E-state index in [2.05, 4.69) is 0 Å². The summed E-state index contributed by atoms with van der Waals surface area (Å²) in [7, 11) is 0. The van der Waals surface area contributed by atoms with E-state index < -0.39 is 5.51 Å². The van der Waals surface area contributed by atoms with Crippen LogP contribution in [0.15, 0.2) is 24.3 Å². The van der Waals surface area contributed by atoms with Gasteiger partial charge in [0.05, 0.1) is 0 Å². The van der Waals surface area contributed by atoms with Crippen molar-refractivity contribution in [3.63, 3.8) is 0 Å². The molecule has 1 aromatic carbocycles. The molecule has 0 aliphatic rings. The van der Waals surface area contributed by atoms with Crippen LogP contribution < -0.4 is 0 Å². The first-order chi connectivity index (χ1) is 8.88. The lowest BCUT2D eigenvalue weighted by Crippen LogP contribution is -2.02. The normalized spacial score (nSPS) is 11.6. The molecule has 0 N–H and O–H groups in total.